The molecular weight excluding hydrogens is 269 g/mol. The number of rotatable bonds is 3. The lowest BCUT2D eigenvalue weighted by Gasteiger charge is -2.11. The largest absolute Gasteiger partial charge is 0.237 e. The highest BCUT2D eigenvalue weighted by Gasteiger charge is 2.23. The SMILES string of the molecule is CC(C)c1cccc(-c2ccc(S(F)(F)F)cc2)c1. The van der Waals surface area contributed by atoms with Crippen molar-refractivity contribution in [2.24, 2.45) is 0 Å². The predicted molar refractivity (Wildman–Crippen MR) is 75.1 cm³/mol. The molecule has 0 aliphatic rings. The second kappa shape index (κ2) is 5.29. The van der Waals surface area contributed by atoms with E-state index in [-0.39, 0.29) is 0 Å². The quantitative estimate of drug-likeness (QED) is 0.621. The molecule has 0 N–H and O–H groups in total. The lowest BCUT2D eigenvalue weighted by Crippen LogP contribution is -1.88. The van der Waals surface area contributed by atoms with Gasteiger partial charge in [-0.1, -0.05) is 50.2 Å². The monoisotopic (exact) mass is 284 g/mol. The first-order valence-corrected chi connectivity index (χ1v) is 7.34. The highest BCUT2D eigenvalue weighted by Crippen LogP contribution is 2.60. The molecule has 0 saturated heterocycles. The highest BCUT2D eigenvalue weighted by atomic mass is 32.3. The molecule has 0 heterocycles. The standard InChI is InChI=1S/C15H15F3S/c1-11(2)13-4-3-5-14(10-13)12-6-8-15(9-7-12)19(16,17)18/h3-11H,1-2H3. The van der Waals surface area contributed by atoms with E-state index in [1.165, 1.54) is 17.7 Å². The molecule has 0 saturated carbocycles. The van der Waals surface area contributed by atoms with E-state index in [0.29, 0.717) is 5.92 Å². The average Bonchev–Trinajstić information content (AvgIpc) is 2.38. The first-order valence-electron chi connectivity index (χ1n) is 6.00. The van der Waals surface area contributed by atoms with Crippen molar-refractivity contribution in [1.29, 1.82) is 0 Å². The van der Waals surface area contributed by atoms with Crippen molar-refractivity contribution in [3.63, 3.8) is 0 Å². The molecule has 0 spiro atoms. The Morgan fingerprint density at radius 2 is 1.47 bits per heavy atom. The summed E-state index contributed by atoms with van der Waals surface area (Å²) >= 11 is -5.12. The van der Waals surface area contributed by atoms with E-state index in [1.54, 1.807) is 0 Å². The minimum atomic E-state index is -5.12. The van der Waals surface area contributed by atoms with Crippen LogP contribution in [0, 0.1) is 0 Å². The Balaban J connectivity index is 2.35. The summed E-state index contributed by atoms with van der Waals surface area (Å²) < 4.78 is 37.7. The second-order valence-corrected chi connectivity index (χ2v) is 6.00. The summed E-state index contributed by atoms with van der Waals surface area (Å²) in [6, 6.07) is 13.3. The van der Waals surface area contributed by atoms with Gasteiger partial charge in [0.15, 0.2) is 0 Å². The molecule has 0 radical (unpaired) electrons. The Hall–Kier alpha value is -1.42. The molecule has 0 nitrogen and oxygen atoms in total. The van der Waals surface area contributed by atoms with Gasteiger partial charge in [-0.2, -0.15) is 0 Å². The van der Waals surface area contributed by atoms with Gasteiger partial charge in [0.2, 0.25) is 11.2 Å². The lowest BCUT2D eigenvalue weighted by molar-refractivity contribution is 0.633. The second-order valence-electron chi connectivity index (χ2n) is 4.71. The third kappa shape index (κ3) is 3.32. The maximum absolute atomic E-state index is 12.6. The molecule has 19 heavy (non-hydrogen) atoms. The minimum absolute atomic E-state index is 0.402. The molecular formula is C15H15F3S. The summed E-state index contributed by atoms with van der Waals surface area (Å²) in [6.07, 6.45) is 0. The van der Waals surface area contributed by atoms with E-state index in [2.05, 4.69) is 13.8 Å². The van der Waals surface area contributed by atoms with Crippen molar-refractivity contribution >= 4 is 11.2 Å². The highest BCUT2D eigenvalue weighted by molar-refractivity contribution is 8.20. The number of benzene rings is 2. The average molecular weight is 284 g/mol. The maximum atomic E-state index is 12.6. The van der Waals surface area contributed by atoms with Crippen LogP contribution in [0.1, 0.15) is 25.3 Å². The first-order chi connectivity index (χ1) is 8.88. The van der Waals surface area contributed by atoms with Crippen molar-refractivity contribution in [3.8, 4) is 11.1 Å². The molecule has 0 fully saturated rings. The van der Waals surface area contributed by atoms with Crippen LogP contribution in [0.2, 0.25) is 0 Å². The van der Waals surface area contributed by atoms with Crippen LogP contribution < -0.4 is 0 Å². The van der Waals surface area contributed by atoms with Crippen LogP contribution in [-0.2, 0) is 0 Å². The topological polar surface area (TPSA) is 0 Å². The summed E-state index contributed by atoms with van der Waals surface area (Å²) in [6.45, 7) is 4.18. The molecule has 0 bridgehead atoms. The Morgan fingerprint density at radius 1 is 0.842 bits per heavy atom. The van der Waals surface area contributed by atoms with E-state index in [9.17, 15) is 11.7 Å². The van der Waals surface area contributed by atoms with Gasteiger partial charge in [-0.25, -0.2) is 0 Å². The predicted octanol–water partition coefficient (Wildman–Crippen LogP) is 6.29. The van der Waals surface area contributed by atoms with E-state index >= 15 is 0 Å². The van der Waals surface area contributed by atoms with Gasteiger partial charge in [0.25, 0.3) is 0 Å². The van der Waals surface area contributed by atoms with Gasteiger partial charge >= 0.3 is 0 Å². The molecule has 2 aromatic rings. The fourth-order valence-corrected chi connectivity index (χ4v) is 2.32. The van der Waals surface area contributed by atoms with Gasteiger partial charge in [0.05, 0.1) is 4.90 Å². The van der Waals surface area contributed by atoms with Crippen LogP contribution in [0.3, 0.4) is 0 Å². The maximum Gasteiger partial charge on any atom is 0.237 e. The number of halogens is 3. The molecule has 0 amide bonds. The Bertz CT molecular complexity index is 556. The molecule has 0 aromatic heterocycles. The van der Waals surface area contributed by atoms with Crippen LogP contribution in [0.5, 0.6) is 0 Å². The Kier molecular flexibility index (Phi) is 3.90. The molecule has 2 rings (SSSR count). The smallest absolute Gasteiger partial charge is 0.120 e. The van der Waals surface area contributed by atoms with E-state index in [0.717, 1.165) is 23.3 Å². The van der Waals surface area contributed by atoms with Crippen molar-refractivity contribution in [2.75, 3.05) is 0 Å². The van der Waals surface area contributed by atoms with Crippen LogP contribution >= 0.6 is 11.2 Å². The van der Waals surface area contributed by atoms with Gasteiger partial charge in [-0.05, 0) is 34.7 Å². The zero-order valence-electron chi connectivity index (χ0n) is 10.7. The van der Waals surface area contributed by atoms with Gasteiger partial charge in [-0.15, -0.1) is 11.7 Å². The molecule has 0 atom stereocenters. The zero-order valence-corrected chi connectivity index (χ0v) is 11.6. The number of hydrogen-bond acceptors (Lipinski definition) is 0. The van der Waals surface area contributed by atoms with Crippen LogP contribution in [-0.4, -0.2) is 0 Å². The summed E-state index contributed by atoms with van der Waals surface area (Å²) in [5.41, 5.74) is 2.95. The van der Waals surface area contributed by atoms with Gasteiger partial charge < -0.3 is 0 Å². The van der Waals surface area contributed by atoms with Gasteiger partial charge in [0, 0.05) is 0 Å². The first kappa shape index (κ1) is 14.0. The normalized spacial score (nSPS) is 12.7. The third-order valence-corrected chi connectivity index (χ3v) is 3.81. The van der Waals surface area contributed by atoms with Gasteiger partial charge in [-0.3, -0.25) is 0 Å². The molecule has 0 aliphatic carbocycles. The summed E-state index contributed by atoms with van der Waals surface area (Å²) in [5, 5.41) is 0. The summed E-state index contributed by atoms with van der Waals surface area (Å²) in [4.78, 5) is -0.531. The zero-order chi connectivity index (χ0) is 14.0. The van der Waals surface area contributed by atoms with Crippen LogP contribution in [0.25, 0.3) is 11.1 Å². The van der Waals surface area contributed by atoms with E-state index < -0.39 is 16.1 Å². The van der Waals surface area contributed by atoms with Crippen LogP contribution in [0.15, 0.2) is 53.4 Å². The fourth-order valence-electron chi connectivity index (χ4n) is 1.88. The third-order valence-electron chi connectivity index (χ3n) is 3.01. The van der Waals surface area contributed by atoms with Crippen molar-refractivity contribution in [1.82, 2.24) is 0 Å². The van der Waals surface area contributed by atoms with Crippen molar-refractivity contribution in [2.45, 2.75) is 24.7 Å². The molecule has 4 heteroatoms. The lowest BCUT2D eigenvalue weighted by atomic mass is 9.97. The van der Waals surface area contributed by atoms with Crippen molar-refractivity contribution in [3.05, 3.63) is 54.1 Å². The molecule has 0 unspecified atom stereocenters. The molecule has 0 aliphatic heterocycles. The summed E-state index contributed by atoms with van der Waals surface area (Å²) in [5.74, 6) is 0.402. The Labute approximate surface area is 113 Å². The van der Waals surface area contributed by atoms with Gasteiger partial charge in [0.1, 0.15) is 0 Å². The fraction of sp³-hybridized carbons (Fsp3) is 0.200. The van der Waals surface area contributed by atoms with E-state index in [4.69, 9.17) is 0 Å². The van der Waals surface area contributed by atoms with E-state index in [1.807, 2.05) is 24.3 Å². The summed E-state index contributed by atoms with van der Waals surface area (Å²) in [7, 11) is 0. The van der Waals surface area contributed by atoms with Crippen LogP contribution in [0.4, 0.5) is 11.7 Å². The molecule has 2 aromatic carbocycles. The number of hydrogen-bond donors (Lipinski definition) is 0. The van der Waals surface area contributed by atoms with Crippen molar-refractivity contribution < 1.29 is 11.7 Å². The minimum Gasteiger partial charge on any atom is -0.120 e. The Morgan fingerprint density at radius 3 is 2.00 bits per heavy atom. The molecule has 102 valence electrons.